The number of amides is 1. The van der Waals surface area contributed by atoms with Crippen LogP contribution in [-0.2, 0) is 10.9 Å². The minimum Gasteiger partial charge on any atom is -0.495 e. The van der Waals surface area contributed by atoms with Crippen LogP contribution in [0, 0.1) is 0 Å². The van der Waals surface area contributed by atoms with E-state index in [-0.39, 0.29) is 10.0 Å². The van der Waals surface area contributed by atoms with Gasteiger partial charge >= 0.3 is 12.3 Å². The molecule has 0 unspecified atom stereocenters. The fourth-order valence-electron chi connectivity index (χ4n) is 1.91. The summed E-state index contributed by atoms with van der Waals surface area (Å²) >= 11 is 0.720. The van der Waals surface area contributed by atoms with Crippen molar-refractivity contribution in [2.45, 2.75) is 32.5 Å². The molecular formula is C16H18F3N3O3S. The van der Waals surface area contributed by atoms with E-state index >= 15 is 0 Å². The molecule has 0 atom stereocenters. The monoisotopic (exact) mass is 389 g/mol. The predicted molar refractivity (Wildman–Crippen MR) is 91.5 cm³/mol. The van der Waals surface area contributed by atoms with Crippen LogP contribution in [0.3, 0.4) is 0 Å². The number of hydrogen-bond donors (Lipinski definition) is 0. The van der Waals surface area contributed by atoms with Crippen molar-refractivity contribution in [3.8, 4) is 16.3 Å². The molecular weight excluding hydrogens is 371 g/mol. The number of alkyl halides is 3. The molecule has 0 saturated carbocycles. The Balaban J connectivity index is 2.48. The molecule has 2 aromatic rings. The van der Waals surface area contributed by atoms with Crippen LogP contribution in [0.25, 0.3) is 10.6 Å². The fourth-order valence-corrected chi connectivity index (χ4v) is 2.93. The van der Waals surface area contributed by atoms with Crippen LogP contribution in [0.15, 0.2) is 18.5 Å². The first kappa shape index (κ1) is 20.0. The first-order valence-corrected chi connectivity index (χ1v) is 8.28. The van der Waals surface area contributed by atoms with Gasteiger partial charge in [0, 0.05) is 18.8 Å². The Hall–Kier alpha value is -2.36. The van der Waals surface area contributed by atoms with Crippen LogP contribution in [0.5, 0.6) is 5.75 Å². The highest BCUT2D eigenvalue weighted by Gasteiger charge is 2.40. The number of pyridine rings is 1. The summed E-state index contributed by atoms with van der Waals surface area (Å²) in [4.78, 5) is 20.6. The highest BCUT2D eigenvalue weighted by molar-refractivity contribution is 7.19. The Bertz CT molecular complexity index is 800. The molecule has 2 rings (SSSR count). The Morgan fingerprint density at radius 3 is 2.42 bits per heavy atom. The van der Waals surface area contributed by atoms with Crippen LogP contribution < -0.4 is 9.64 Å². The number of rotatable bonds is 3. The number of aromatic nitrogens is 2. The summed E-state index contributed by atoms with van der Waals surface area (Å²) < 4.78 is 50.4. The predicted octanol–water partition coefficient (Wildman–Crippen LogP) is 4.60. The normalized spacial score (nSPS) is 12.0. The molecule has 0 aromatic carbocycles. The molecule has 26 heavy (non-hydrogen) atoms. The highest BCUT2D eigenvalue weighted by atomic mass is 32.1. The van der Waals surface area contributed by atoms with Crippen LogP contribution >= 0.6 is 11.3 Å². The molecule has 0 aliphatic heterocycles. The molecule has 0 radical (unpaired) electrons. The van der Waals surface area contributed by atoms with Crippen molar-refractivity contribution >= 4 is 22.4 Å². The van der Waals surface area contributed by atoms with Gasteiger partial charge in [-0.3, -0.25) is 9.88 Å². The van der Waals surface area contributed by atoms with Gasteiger partial charge in [-0.15, -0.1) is 0 Å². The maximum Gasteiger partial charge on any atom is 0.436 e. The zero-order valence-electron chi connectivity index (χ0n) is 14.8. The number of carbonyl (C=O) groups is 1. The van der Waals surface area contributed by atoms with E-state index in [1.165, 1.54) is 32.6 Å². The number of carbonyl (C=O) groups excluding carboxylic acids is 1. The molecule has 2 aromatic heterocycles. The number of anilines is 1. The molecule has 0 aliphatic rings. The van der Waals surface area contributed by atoms with Crippen LogP contribution in [0.1, 0.15) is 26.5 Å². The lowest BCUT2D eigenvalue weighted by molar-refractivity contribution is -0.140. The number of ether oxygens (including phenoxy) is 2. The second-order valence-corrected chi connectivity index (χ2v) is 7.30. The van der Waals surface area contributed by atoms with Crippen molar-refractivity contribution in [2.75, 3.05) is 19.1 Å². The van der Waals surface area contributed by atoms with Crippen molar-refractivity contribution in [3.05, 3.63) is 24.2 Å². The summed E-state index contributed by atoms with van der Waals surface area (Å²) in [5.41, 5.74) is -1.65. The van der Waals surface area contributed by atoms with E-state index in [1.807, 2.05) is 0 Å². The first-order chi connectivity index (χ1) is 11.9. The number of nitrogens with zero attached hydrogens (tertiary/aromatic N) is 3. The lowest BCUT2D eigenvalue weighted by Crippen LogP contribution is -2.34. The number of halogens is 3. The Morgan fingerprint density at radius 1 is 1.23 bits per heavy atom. The molecule has 0 fully saturated rings. The number of hydrogen-bond acceptors (Lipinski definition) is 6. The van der Waals surface area contributed by atoms with Crippen LogP contribution in [0.2, 0.25) is 0 Å². The lowest BCUT2D eigenvalue weighted by Gasteiger charge is -2.24. The standard InChI is InChI=1S/C16H18F3N3O3S/c1-15(2,3)25-14(23)22(4)13-11(16(17,18)19)21-12(26-13)9-6-10(24-5)8-20-7-9/h6-8H,1-5H3. The van der Waals surface area contributed by atoms with Crippen molar-refractivity contribution in [3.63, 3.8) is 0 Å². The van der Waals surface area contributed by atoms with E-state index in [2.05, 4.69) is 9.97 Å². The second-order valence-electron chi connectivity index (χ2n) is 6.32. The van der Waals surface area contributed by atoms with Gasteiger partial charge in [-0.1, -0.05) is 11.3 Å². The average Bonchev–Trinajstić information content (AvgIpc) is 2.98. The summed E-state index contributed by atoms with van der Waals surface area (Å²) in [5.74, 6) is 0.383. The van der Waals surface area contributed by atoms with Gasteiger partial charge in [0.25, 0.3) is 0 Å². The molecule has 1 amide bonds. The molecule has 6 nitrogen and oxygen atoms in total. The van der Waals surface area contributed by atoms with Crippen molar-refractivity contribution in [2.24, 2.45) is 0 Å². The first-order valence-electron chi connectivity index (χ1n) is 7.46. The SMILES string of the molecule is COc1cncc(-c2nc(C(F)(F)F)c(N(C)C(=O)OC(C)(C)C)s2)c1. The molecule has 0 saturated heterocycles. The van der Waals surface area contributed by atoms with E-state index in [0.29, 0.717) is 11.3 Å². The quantitative estimate of drug-likeness (QED) is 0.767. The third-order valence-corrected chi connectivity index (χ3v) is 4.23. The summed E-state index contributed by atoms with van der Waals surface area (Å²) in [7, 11) is 2.63. The fraction of sp³-hybridized carbons (Fsp3) is 0.438. The highest BCUT2D eigenvalue weighted by Crippen LogP contribution is 2.43. The smallest absolute Gasteiger partial charge is 0.436 e. The van der Waals surface area contributed by atoms with Gasteiger partial charge in [0.1, 0.15) is 21.4 Å². The Labute approximate surface area is 152 Å². The molecule has 0 spiro atoms. The van der Waals surface area contributed by atoms with E-state index < -0.39 is 23.6 Å². The lowest BCUT2D eigenvalue weighted by atomic mass is 10.2. The number of thiazole rings is 1. The maximum absolute atomic E-state index is 13.4. The van der Waals surface area contributed by atoms with Gasteiger partial charge in [-0.05, 0) is 26.8 Å². The van der Waals surface area contributed by atoms with Gasteiger partial charge in [0.15, 0.2) is 5.69 Å². The minimum absolute atomic E-state index is 0.0640. The third-order valence-electron chi connectivity index (χ3n) is 3.05. The van der Waals surface area contributed by atoms with Crippen LogP contribution in [0.4, 0.5) is 23.0 Å². The van der Waals surface area contributed by atoms with E-state index in [1.54, 1.807) is 20.8 Å². The van der Waals surface area contributed by atoms with Crippen LogP contribution in [-0.4, -0.2) is 35.8 Å². The molecule has 0 N–H and O–H groups in total. The summed E-state index contributed by atoms with van der Waals surface area (Å²) in [5, 5.41) is -0.293. The largest absolute Gasteiger partial charge is 0.495 e. The zero-order valence-corrected chi connectivity index (χ0v) is 15.7. The second kappa shape index (κ2) is 7.10. The topological polar surface area (TPSA) is 64.6 Å². The molecule has 0 bridgehead atoms. The van der Waals surface area contributed by atoms with Gasteiger partial charge < -0.3 is 9.47 Å². The Morgan fingerprint density at radius 2 is 1.88 bits per heavy atom. The molecule has 2 heterocycles. The molecule has 0 aliphatic carbocycles. The average molecular weight is 389 g/mol. The number of methoxy groups -OCH3 is 1. The summed E-state index contributed by atoms with van der Waals surface area (Å²) in [6.07, 6.45) is -2.83. The van der Waals surface area contributed by atoms with Gasteiger partial charge in [-0.2, -0.15) is 13.2 Å². The zero-order chi connectivity index (χ0) is 19.7. The van der Waals surface area contributed by atoms with Crippen molar-refractivity contribution < 1.29 is 27.4 Å². The summed E-state index contributed by atoms with van der Waals surface area (Å²) in [6.45, 7) is 4.89. The van der Waals surface area contributed by atoms with Gasteiger partial charge in [0.05, 0.1) is 13.3 Å². The van der Waals surface area contributed by atoms with Gasteiger partial charge in [-0.25, -0.2) is 9.78 Å². The van der Waals surface area contributed by atoms with Gasteiger partial charge in [0.2, 0.25) is 0 Å². The Kier molecular flexibility index (Phi) is 5.45. The van der Waals surface area contributed by atoms with E-state index in [9.17, 15) is 18.0 Å². The van der Waals surface area contributed by atoms with Crippen molar-refractivity contribution in [1.29, 1.82) is 0 Å². The van der Waals surface area contributed by atoms with E-state index in [0.717, 1.165) is 16.2 Å². The third kappa shape index (κ3) is 4.63. The molecule has 10 heteroatoms. The summed E-state index contributed by atoms with van der Waals surface area (Å²) in [6, 6.07) is 1.52. The van der Waals surface area contributed by atoms with Crippen molar-refractivity contribution in [1.82, 2.24) is 9.97 Å². The minimum atomic E-state index is -4.73. The maximum atomic E-state index is 13.4. The molecule has 142 valence electrons. The van der Waals surface area contributed by atoms with E-state index in [4.69, 9.17) is 9.47 Å².